The molecule has 0 amide bonds. The number of ether oxygens (including phenoxy) is 1. The zero-order chi connectivity index (χ0) is 4.99. The van der Waals surface area contributed by atoms with E-state index >= 15 is 0 Å². The first-order valence-electron chi connectivity index (χ1n) is 1.72. The fraction of sp³-hybridized carbons (Fsp3) is 0.667. The highest BCUT2D eigenvalue weighted by Gasteiger charge is 1.47. The molecule has 0 fully saturated rings. The molecule has 0 saturated carbocycles. The van der Waals surface area contributed by atoms with Crippen molar-refractivity contribution in [1.29, 1.82) is 0 Å². The van der Waals surface area contributed by atoms with Crippen LogP contribution in [0.1, 0.15) is 1.37 Å². The predicted molar refractivity (Wildman–Crippen MR) is 24.8 cm³/mol. The highest BCUT2D eigenvalue weighted by molar-refractivity contribution is 8.00. The van der Waals surface area contributed by atoms with Gasteiger partial charge >= 0.3 is 0 Å². The van der Waals surface area contributed by atoms with E-state index in [9.17, 15) is 0 Å². The summed E-state index contributed by atoms with van der Waals surface area (Å²) in [5.41, 5.74) is 0. The fourth-order valence-electron chi connectivity index (χ4n) is 0.0833. The van der Waals surface area contributed by atoms with E-state index in [1.54, 1.807) is 6.26 Å². The van der Waals surface area contributed by atoms with Crippen LogP contribution in [0, 0.1) is 5.91 Å². The molecule has 0 saturated heterocycles. The number of hydrogen-bond donors (Lipinski definition) is 0. The van der Waals surface area contributed by atoms with Crippen molar-refractivity contribution >= 4 is 11.8 Å². The van der Waals surface area contributed by atoms with Crippen LogP contribution in [0.2, 0.25) is 0 Å². The fourth-order valence-corrected chi connectivity index (χ4v) is 0.250. The van der Waals surface area contributed by atoms with Crippen molar-refractivity contribution in [3.8, 4) is 0 Å². The maximum Gasteiger partial charge on any atom is -0.000169 e. The monoisotopic (exact) mass is 93.0 g/mol. The van der Waals surface area contributed by atoms with Crippen molar-refractivity contribution in [3.05, 3.63) is 5.91 Å². The van der Waals surface area contributed by atoms with E-state index in [0.29, 0.717) is 0 Å². The largest absolute Gasteiger partial charge is 0.544 e. The maximum atomic E-state index is 6.73. The Morgan fingerprint density at radius 1 is 2.20 bits per heavy atom. The average molecular weight is 93.2 g/mol. The number of hydrogen-bond acceptors (Lipinski definition) is 2. The Morgan fingerprint density at radius 3 is 2.80 bits per heavy atom. The summed E-state index contributed by atoms with van der Waals surface area (Å²) >= 11 is 1.29. The Hall–Kier alpha value is 0.310. The van der Waals surface area contributed by atoms with Gasteiger partial charge in [0.2, 0.25) is 0 Å². The van der Waals surface area contributed by atoms with Gasteiger partial charge in [0.25, 0.3) is 0 Å². The molecule has 0 rings (SSSR count). The van der Waals surface area contributed by atoms with Gasteiger partial charge in [-0.15, -0.1) is 0 Å². The third-order valence-corrected chi connectivity index (χ3v) is 0.500. The Bertz CT molecular complexity index is 30.0. The van der Waals surface area contributed by atoms with Crippen LogP contribution in [-0.2, 0) is 4.74 Å². The van der Waals surface area contributed by atoms with Gasteiger partial charge in [0.1, 0.15) is 0 Å². The summed E-state index contributed by atoms with van der Waals surface area (Å²) in [4.78, 5) is 0. The molecule has 2 heteroatoms. The molecule has 0 atom stereocenters. The first-order chi connectivity index (χ1) is 2.81. The molecule has 0 aliphatic rings. The van der Waals surface area contributed by atoms with Crippen LogP contribution in [0.25, 0.3) is 0 Å². The summed E-state index contributed by atoms with van der Waals surface area (Å²) in [6.07, 6.45) is 1.80. The topological polar surface area (TPSA) is 9.23 Å². The van der Waals surface area contributed by atoms with E-state index in [2.05, 4.69) is 4.74 Å². The van der Waals surface area contributed by atoms with E-state index in [1.165, 1.54) is 18.9 Å². The number of rotatable bonds is 2. The van der Waals surface area contributed by atoms with E-state index in [0.717, 1.165) is 0 Å². The van der Waals surface area contributed by atoms with E-state index in [-0.39, 0.29) is 5.91 Å². The third-order valence-electron chi connectivity index (χ3n) is 0.167. The van der Waals surface area contributed by atoms with E-state index < -0.39 is 0 Å². The minimum Gasteiger partial charge on any atom is -0.544 e. The van der Waals surface area contributed by atoms with Gasteiger partial charge in [0.15, 0.2) is 0 Å². The zero-order valence-electron chi connectivity index (χ0n) is 4.32. The number of methoxy groups -OCH3 is 1. The Morgan fingerprint density at radius 2 is 2.80 bits per heavy atom. The lowest BCUT2D eigenvalue weighted by molar-refractivity contribution is 0.316. The normalized spacial score (nSPS) is 12.2. The molecule has 0 spiro atoms. The quantitative estimate of drug-likeness (QED) is 0.473. The van der Waals surface area contributed by atoms with Gasteiger partial charge < -0.3 is 16.5 Å². The van der Waals surface area contributed by atoms with Crippen LogP contribution in [0.5, 0.6) is 0 Å². The summed E-state index contributed by atoms with van der Waals surface area (Å²) in [5, 5.41) is 0. The van der Waals surface area contributed by atoms with Crippen LogP contribution in [0.3, 0.4) is 0 Å². The SMILES string of the molecule is [3H][C-](OC)SC. The second-order valence-corrected chi connectivity index (χ2v) is 1.07. The summed E-state index contributed by atoms with van der Waals surface area (Å²) in [7, 11) is 1.48. The van der Waals surface area contributed by atoms with Gasteiger partial charge in [-0.25, -0.2) is 0 Å². The van der Waals surface area contributed by atoms with Crippen LogP contribution in [0.15, 0.2) is 0 Å². The summed E-state index contributed by atoms with van der Waals surface area (Å²) in [6.45, 7) is 0. The van der Waals surface area contributed by atoms with Crippen LogP contribution in [-0.4, -0.2) is 13.4 Å². The Kier molecular flexibility index (Phi) is 3.02. The second-order valence-electron chi connectivity index (χ2n) is 0.492. The maximum absolute atomic E-state index is 6.73. The summed E-state index contributed by atoms with van der Waals surface area (Å²) < 4.78 is 11.2. The molecule has 0 aromatic carbocycles. The lowest BCUT2D eigenvalue weighted by Gasteiger charge is -2.02. The first-order valence-corrected chi connectivity index (χ1v) is 2.45. The van der Waals surface area contributed by atoms with Crippen molar-refractivity contribution in [2.45, 2.75) is 0 Å². The van der Waals surface area contributed by atoms with Crippen molar-refractivity contribution in [3.63, 3.8) is 0 Å². The molecule has 0 bridgehead atoms. The van der Waals surface area contributed by atoms with Crippen molar-refractivity contribution in [2.75, 3.05) is 13.4 Å². The first kappa shape index (κ1) is 3.50. The third kappa shape index (κ3) is 4.31. The summed E-state index contributed by atoms with van der Waals surface area (Å²) in [6, 6.07) is 0. The van der Waals surface area contributed by atoms with Gasteiger partial charge in [-0.3, -0.25) is 0 Å². The molecule has 0 aliphatic heterocycles. The van der Waals surface area contributed by atoms with Crippen LogP contribution >= 0.6 is 11.8 Å². The lowest BCUT2D eigenvalue weighted by atomic mass is 11.5. The highest BCUT2D eigenvalue weighted by atomic mass is 32.2. The molecule has 0 N–H and O–H groups in total. The molecule has 1 nitrogen and oxygen atoms in total. The molecule has 5 heavy (non-hydrogen) atoms. The molecule has 0 aliphatic carbocycles. The minimum atomic E-state index is 0.259. The average Bonchev–Trinajstić information content (AvgIpc) is 1.65. The zero-order valence-corrected chi connectivity index (χ0v) is 4.13. The van der Waals surface area contributed by atoms with Gasteiger partial charge in [-0.2, -0.15) is 7.29 Å². The molecule has 0 aromatic heterocycles. The predicted octanol–water partition coefficient (Wildman–Crippen LogP) is 1.12. The Labute approximate surface area is 38.1 Å². The van der Waals surface area contributed by atoms with E-state index in [4.69, 9.17) is 1.37 Å². The van der Waals surface area contributed by atoms with Crippen LogP contribution < -0.4 is 0 Å². The highest BCUT2D eigenvalue weighted by Crippen LogP contribution is 1.94. The second kappa shape index (κ2) is 4.31. The van der Waals surface area contributed by atoms with Gasteiger partial charge in [0, 0.05) is 0 Å². The van der Waals surface area contributed by atoms with Gasteiger partial charge in [0.05, 0.1) is 0 Å². The van der Waals surface area contributed by atoms with Gasteiger partial charge in [-0.05, 0) is 13.4 Å². The molecule has 0 radical (unpaired) electrons. The minimum absolute atomic E-state index is 0.259. The van der Waals surface area contributed by atoms with Crippen molar-refractivity contribution < 1.29 is 6.11 Å². The van der Waals surface area contributed by atoms with E-state index in [1.807, 2.05) is 0 Å². The molecular weight excluding hydrogens is 84.1 g/mol. The lowest BCUT2D eigenvalue weighted by Crippen LogP contribution is -1.65. The Balaban J connectivity index is 2.75. The molecule has 0 aromatic rings. The molecule has 32 valence electrons. The molecule has 0 heterocycles. The molecule has 0 unspecified atom stereocenters. The number of thioether (sulfide) groups is 1. The van der Waals surface area contributed by atoms with Crippen LogP contribution in [0.4, 0.5) is 0 Å². The van der Waals surface area contributed by atoms with Gasteiger partial charge in [-0.1, -0.05) is 0 Å². The van der Waals surface area contributed by atoms with Crippen molar-refractivity contribution in [1.82, 2.24) is 0 Å². The molecular formula is C3H7OS-. The summed E-state index contributed by atoms with van der Waals surface area (Å²) in [5.74, 6) is 0.259. The van der Waals surface area contributed by atoms with Crippen molar-refractivity contribution in [2.24, 2.45) is 0 Å². The standard InChI is InChI=1S/C3H7OS/c1-4-3-5-2/h3H,1-2H3/q-1/i3T. The smallest absolute Gasteiger partial charge is 0.000169 e.